The van der Waals surface area contributed by atoms with E-state index in [2.05, 4.69) is 20.7 Å². The fourth-order valence-corrected chi connectivity index (χ4v) is 3.81. The average Bonchev–Trinajstić information content (AvgIpc) is 2.38. The van der Waals surface area contributed by atoms with Crippen molar-refractivity contribution in [2.45, 2.75) is 17.9 Å². The normalized spacial score (nSPS) is 13.2. The van der Waals surface area contributed by atoms with Crippen LogP contribution in [0.2, 0.25) is 5.02 Å². The van der Waals surface area contributed by atoms with E-state index in [0.717, 1.165) is 10.0 Å². The van der Waals surface area contributed by atoms with Crippen molar-refractivity contribution in [1.82, 2.24) is 4.72 Å². The van der Waals surface area contributed by atoms with Gasteiger partial charge in [0, 0.05) is 15.5 Å². The maximum absolute atomic E-state index is 12.3. The second-order valence-corrected chi connectivity index (χ2v) is 7.42. The molecule has 3 nitrogen and oxygen atoms in total. The molecule has 2 rings (SSSR count). The van der Waals surface area contributed by atoms with Crippen molar-refractivity contribution in [1.29, 1.82) is 0 Å². The third kappa shape index (κ3) is 3.82. The van der Waals surface area contributed by atoms with Crippen molar-refractivity contribution >= 4 is 37.6 Å². The summed E-state index contributed by atoms with van der Waals surface area (Å²) in [4.78, 5) is 0.223. The van der Waals surface area contributed by atoms with Gasteiger partial charge >= 0.3 is 0 Å². The van der Waals surface area contributed by atoms with Crippen LogP contribution in [0.4, 0.5) is 0 Å². The van der Waals surface area contributed by atoms with Gasteiger partial charge in [-0.1, -0.05) is 45.7 Å². The molecule has 2 aromatic rings. The molecule has 20 heavy (non-hydrogen) atoms. The summed E-state index contributed by atoms with van der Waals surface area (Å²) in [6, 6.07) is 13.3. The Labute approximate surface area is 132 Å². The minimum absolute atomic E-state index is 0.223. The molecule has 0 unspecified atom stereocenters. The molecule has 2 aromatic carbocycles. The zero-order valence-corrected chi connectivity index (χ0v) is 13.8. The van der Waals surface area contributed by atoms with E-state index < -0.39 is 10.0 Å². The zero-order valence-electron chi connectivity index (χ0n) is 10.7. The topological polar surface area (TPSA) is 46.2 Å². The molecule has 1 atom stereocenters. The monoisotopic (exact) mass is 373 g/mol. The van der Waals surface area contributed by atoms with E-state index in [-0.39, 0.29) is 10.9 Å². The summed E-state index contributed by atoms with van der Waals surface area (Å²) in [6.07, 6.45) is 0. The number of rotatable bonds is 4. The first-order chi connectivity index (χ1) is 9.38. The van der Waals surface area contributed by atoms with Gasteiger partial charge in [0.15, 0.2) is 0 Å². The van der Waals surface area contributed by atoms with E-state index >= 15 is 0 Å². The fraction of sp³-hybridized carbons (Fsp3) is 0.143. The van der Waals surface area contributed by atoms with E-state index in [1.54, 1.807) is 49.4 Å². The Morgan fingerprint density at radius 1 is 1.15 bits per heavy atom. The van der Waals surface area contributed by atoms with Gasteiger partial charge in [-0.25, -0.2) is 13.1 Å². The molecule has 0 saturated carbocycles. The van der Waals surface area contributed by atoms with Crippen LogP contribution in [0.3, 0.4) is 0 Å². The van der Waals surface area contributed by atoms with Crippen molar-refractivity contribution in [2.75, 3.05) is 0 Å². The Kier molecular flexibility index (Phi) is 4.86. The third-order valence-corrected chi connectivity index (χ3v) is 5.05. The first-order valence-corrected chi connectivity index (χ1v) is 8.57. The minimum atomic E-state index is -3.57. The molecular formula is C14H13BrClNO2S. The predicted octanol–water partition coefficient (Wildman–Crippen LogP) is 4.14. The number of nitrogens with one attached hydrogen (secondary N) is 1. The van der Waals surface area contributed by atoms with Gasteiger partial charge in [-0.15, -0.1) is 0 Å². The van der Waals surface area contributed by atoms with Crippen LogP contribution in [0.1, 0.15) is 18.5 Å². The molecular weight excluding hydrogens is 362 g/mol. The van der Waals surface area contributed by atoms with Gasteiger partial charge in [-0.3, -0.25) is 0 Å². The Morgan fingerprint density at radius 3 is 2.50 bits per heavy atom. The molecule has 0 saturated heterocycles. The summed E-state index contributed by atoms with van der Waals surface area (Å²) in [5.74, 6) is 0. The van der Waals surface area contributed by atoms with Gasteiger partial charge in [0.25, 0.3) is 0 Å². The highest BCUT2D eigenvalue weighted by Crippen LogP contribution is 2.21. The Balaban J connectivity index is 2.24. The fourth-order valence-electron chi connectivity index (χ4n) is 1.78. The Hall–Kier alpha value is -0.880. The molecule has 0 aliphatic carbocycles. The molecule has 0 amide bonds. The van der Waals surface area contributed by atoms with Crippen molar-refractivity contribution in [3.8, 4) is 0 Å². The van der Waals surface area contributed by atoms with Gasteiger partial charge in [0.2, 0.25) is 10.0 Å². The summed E-state index contributed by atoms with van der Waals surface area (Å²) < 4.78 is 27.9. The van der Waals surface area contributed by atoms with Gasteiger partial charge in [0.05, 0.1) is 4.90 Å². The van der Waals surface area contributed by atoms with Crippen LogP contribution >= 0.6 is 27.5 Å². The molecule has 0 aliphatic heterocycles. The number of hydrogen-bond donors (Lipinski definition) is 1. The number of hydrogen-bond acceptors (Lipinski definition) is 2. The highest BCUT2D eigenvalue weighted by Gasteiger charge is 2.18. The van der Waals surface area contributed by atoms with Crippen LogP contribution < -0.4 is 4.72 Å². The van der Waals surface area contributed by atoms with E-state index in [0.29, 0.717) is 5.02 Å². The quantitative estimate of drug-likeness (QED) is 0.874. The molecule has 0 radical (unpaired) electrons. The smallest absolute Gasteiger partial charge is 0.207 e. The number of benzene rings is 2. The summed E-state index contributed by atoms with van der Waals surface area (Å²) in [5, 5.41) is 0.580. The van der Waals surface area contributed by atoms with Gasteiger partial charge in [-0.05, 0) is 42.8 Å². The molecule has 0 aromatic heterocycles. The van der Waals surface area contributed by atoms with E-state index in [4.69, 9.17) is 11.6 Å². The molecule has 0 heterocycles. The largest absolute Gasteiger partial charge is 0.241 e. The van der Waals surface area contributed by atoms with Crippen LogP contribution in [0, 0.1) is 0 Å². The number of sulfonamides is 1. The molecule has 0 bridgehead atoms. The summed E-state index contributed by atoms with van der Waals surface area (Å²) in [6.45, 7) is 1.78. The van der Waals surface area contributed by atoms with Gasteiger partial charge < -0.3 is 0 Å². The zero-order chi connectivity index (χ0) is 14.8. The van der Waals surface area contributed by atoms with Crippen LogP contribution in [0.25, 0.3) is 0 Å². The second-order valence-electron chi connectivity index (χ2n) is 4.36. The van der Waals surface area contributed by atoms with Crippen LogP contribution in [-0.2, 0) is 10.0 Å². The summed E-state index contributed by atoms with van der Waals surface area (Å²) >= 11 is 9.18. The Morgan fingerprint density at radius 2 is 1.85 bits per heavy atom. The van der Waals surface area contributed by atoms with E-state index in [1.807, 2.05) is 6.07 Å². The van der Waals surface area contributed by atoms with Crippen LogP contribution in [-0.4, -0.2) is 8.42 Å². The lowest BCUT2D eigenvalue weighted by Crippen LogP contribution is -2.26. The molecule has 0 aliphatic rings. The summed E-state index contributed by atoms with van der Waals surface area (Å²) in [7, 11) is -3.57. The van der Waals surface area contributed by atoms with Crippen molar-refractivity contribution in [3.63, 3.8) is 0 Å². The molecule has 1 N–H and O–H groups in total. The molecule has 106 valence electrons. The lowest BCUT2D eigenvalue weighted by Gasteiger charge is -2.15. The predicted molar refractivity (Wildman–Crippen MR) is 84.3 cm³/mol. The van der Waals surface area contributed by atoms with Crippen molar-refractivity contribution in [3.05, 3.63) is 63.6 Å². The molecule has 0 spiro atoms. The molecule has 0 fully saturated rings. The lowest BCUT2D eigenvalue weighted by molar-refractivity contribution is 0.567. The highest BCUT2D eigenvalue weighted by molar-refractivity contribution is 9.10. The van der Waals surface area contributed by atoms with Crippen molar-refractivity contribution < 1.29 is 8.42 Å². The lowest BCUT2D eigenvalue weighted by atomic mass is 10.1. The van der Waals surface area contributed by atoms with Crippen LogP contribution in [0.5, 0.6) is 0 Å². The second kappa shape index (κ2) is 6.26. The van der Waals surface area contributed by atoms with Gasteiger partial charge in [0.1, 0.15) is 0 Å². The van der Waals surface area contributed by atoms with Crippen LogP contribution in [0.15, 0.2) is 57.9 Å². The SMILES string of the molecule is C[C@@H](NS(=O)(=O)c1cccc(Br)c1)c1cccc(Cl)c1. The maximum Gasteiger partial charge on any atom is 0.241 e. The van der Waals surface area contributed by atoms with Crippen molar-refractivity contribution in [2.24, 2.45) is 0 Å². The summed E-state index contributed by atoms with van der Waals surface area (Å²) in [5.41, 5.74) is 0.816. The van der Waals surface area contributed by atoms with Gasteiger partial charge in [-0.2, -0.15) is 0 Å². The molecule has 6 heteroatoms. The number of halogens is 2. The average molecular weight is 375 g/mol. The Bertz CT molecular complexity index is 719. The minimum Gasteiger partial charge on any atom is -0.207 e. The standard InChI is InChI=1S/C14H13BrClNO2S/c1-10(11-4-2-6-13(16)8-11)17-20(18,19)14-7-3-5-12(15)9-14/h2-10,17H,1H3/t10-/m1/s1. The third-order valence-electron chi connectivity index (χ3n) is 2.79. The first kappa shape index (κ1) is 15.5. The first-order valence-electron chi connectivity index (χ1n) is 5.92. The van der Waals surface area contributed by atoms with E-state index in [9.17, 15) is 8.42 Å². The highest BCUT2D eigenvalue weighted by atomic mass is 79.9. The maximum atomic E-state index is 12.3. The van der Waals surface area contributed by atoms with E-state index in [1.165, 1.54) is 0 Å².